The van der Waals surface area contributed by atoms with Crippen LogP contribution in [0.5, 0.6) is 0 Å². The van der Waals surface area contributed by atoms with Crippen LogP contribution >= 0.6 is 27.3 Å². The molecule has 1 aromatic rings. The summed E-state index contributed by atoms with van der Waals surface area (Å²) in [6, 6.07) is 4.35. The third kappa shape index (κ3) is 2.48. The summed E-state index contributed by atoms with van der Waals surface area (Å²) in [5, 5.41) is 0. The molecule has 4 atom stereocenters. The molecule has 0 radical (unpaired) electrons. The Morgan fingerprint density at radius 1 is 1.47 bits per heavy atom. The van der Waals surface area contributed by atoms with Crippen LogP contribution in [0.2, 0.25) is 0 Å². The predicted molar refractivity (Wildman–Crippen MR) is 81.2 cm³/mol. The van der Waals surface area contributed by atoms with Crippen molar-refractivity contribution in [3.63, 3.8) is 0 Å². The maximum atomic E-state index is 12.6. The molecule has 2 aliphatic rings. The van der Waals surface area contributed by atoms with E-state index in [0.717, 1.165) is 28.2 Å². The maximum absolute atomic E-state index is 12.6. The van der Waals surface area contributed by atoms with Crippen molar-refractivity contribution in [2.24, 2.45) is 17.6 Å². The van der Waals surface area contributed by atoms with Gasteiger partial charge in [0.25, 0.3) is 0 Å². The van der Waals surface area contributed by atoms with Crippen LogP contribution in [0.25, 0.3) is 0 Å². The summed E-state index contributed by atoms with van der Waals surface area (Å²) in [7, 11) is 0. The van der Waals surface area contributed by atoms with Crippen LogP contribution in [0.3, 0.4) is 0 Å². The number of rotatable bonds is 2. The normalized spacial score (nSPS) is 31.5. The average Bonchev–Trinajstić information content (AvgIpc) is 3.06. The molecule has 0 aromatic carbocycles. The molecule has 0 spiro atoms. The van der Waals surface area contributed by atoms with Crippen LogP contribution in [0.4, 0.5) is 0 Å². The first-order valence-electron chi connectivity index (χ1n) is 6.86. The van der Waals surface area contributed by atoms with Gasteiger partial charge in [0.15, 0.2) is 0 Å². The molecule has 104 valence electrons. The smallest absolute Gasteiger partial charge is 0.230 e. The van der Waals surface area contributed by atoms with Crippen molar-refractivity contribution in [1.29, 1.82) is 0 Å². The molecule has 2 N–H and O–H groups in total. The van der Waals surface area contributed by atoms with E-state index in [-0.39, 0.29) is 11.8 Å². The second kappa shape index (κ2) is 5.19. The van der Waals surface area contributed by atoms with Gasteiger partial charge in [-0.1, -0.05) is 0 Å². The van der Waals surface area contributed by atoms with E-state index >= 15 is 0 Å². The van der Waals surface area contributed by atoms with Gasteiger partial charge < -0.3 is 10.6 Å². The molecule has 4 unspecified atom stereocenters. The van der Waals surface area contributed by atoms with Crippen LogP contribution < -0.4 is 5.73 Å². The SMILES string of the molecule is CC(C(=O)N1CC2CCC(N)C2C1)c1ccc(Br)s1. The van der Waals surface area contributed by atoms with Crippen LogP contribution in [-0.4, -0.2) is 29.9 Å². The number of amides is 1. The van der Waals surface area contributed by atoms with E-state index in [1.807, 2.05) is 24.0 Å². The minimum atomic E-state index is -0.0358. The summed E-state index contributed by atoms with van der Waals surface area (Å²) < 4.78 is 1.09. The molecule has 19 heavy (non-hydrogen) atoms. The van der Waals surface area contributed by atoms with E-state index in [2.05, 4.69) is 15.9 Å². The Labute approximate surface area is 126 Å². The van der Waals surface area contributed by atoms with Crippen LogP contribution in [0.1, 0.15) is 30.6 Å². The molecular weight excluding hydrogens is 324 g/mol. The number of halogens is 1. The first-order chi connectivity index (χ1) is 9.06. The first-order valence-corrected chi connectivity index (χ1v) is 8.47. The van der Waals surface area contributed by atoms with Crippen LogP contribution in [0.15, 0.2) is 15.9 Å². The highest BCUT2D eigenvalue weighted by atomic mass is 79.9. The zero-order valence-electron chi connectivity index (χ0n) is 11.0. The van der Waals surface area contributed by atoms with E-state index in [4.69, 9.17) is 5.73 Å². The van der Waals surface area contributed by atoms with Gasteiger partial charge >= 0.3 is 0 Å². The molecular formula is C14H19BrN2OS. The van der Waals surface area contributed by atoms with Crippen LogP contribution in [0, 0.1) is 11.8 Å². The molecule has 3 nitrogen and oxygen atoms in total. The summed E-state index contributed by atoms with van der Waals surface area (Å²) in [5.41, 5.74) is 6.13. The predicted octanol–water partition coefficient (Wildman–Crippen LogP) is 2.81. The van der Waals surface area contributed by atoms with Gasteiger partial charge in [0.2, 0.25) is 5.91 Å². The number of likely N-dealkylation sites (tertiary alicyclic amines) is 1. The van der Waals surface area contributed by atoms with E-state index in [1.165, 1.54) is 6.42 Å². The number of nitrogens with zero attached hydrogens (tertiary/aromatic N) is 1. The minimum Gasteiger partial charge on any atom is -0.342 e. The molecule has 1 saturated carbocycles. The summed E-state index contributed by atoms with van der Waals surface area (Å²) >= 11 is 5.11. The Hall–Kier alpha value is -0.390. The molecule has 0 bridgehead atoms. The molecule has 2 fully saturated rings. The highest BCUT2D eigenvalue weighted by Crippen LogP contribution is 2.38. The standard InChI is InChI=1S/C14H19BrN2OS/c1-8(12-4-5-13(15)19-12)14(18)17-6-9-2-3-11(16)10(9)7-17/h4-5,8-11H,2-3,6-7,16H2,1H3. The lowest BCUT2D eigenvalue weighted by atomic mass is 9.98. The lowest BCUT2D eigenvalue weighted by molar-refractivity contribution is -0.131. The first kappa shape index (κ1) is 13.6. The number of hydrogen-bond acceptors (Lipinski definition) is 3. The number of thiophene rings is 1. The topological polar surface area (TPSA) is 46.3 Å². The van der Waals surface area contributed by atoms with Crippen molar-refractivity contribution in [3.05, 3.63) is 20.8 Å². The maximum Gasteiger partial charge on any atom is 0.230 e. The van der Waals surface area contributed by atoms with Crippen molar-refractivity contribution in [1.82, 2.24) is 4.90 Å². The quantitative estimate of drug-likeness (QED) is 0.898. The zero-order valence-corrected chi connectivity index (χ0v) is 13.4. The zero-order chi connectivity index (χ0) is 13.6. The van der Waals surface area contributed by atoms with Crippen molar-refractivity contribution < 1.29 is 4.79 Å². The van der Waals surface area contributed by atoms with Gasteiger partial charge in [-0.3, -0.25) is 4.79 Å². The van der Waals surface area contributed by atoms with E-state index in [0.29, 0.717) is 17.9 Å². The van der Waals surface area contributed by atoms with Crippen molar-refractivity contribution in [2.75, 3.05) is 13.1 Å². The second-order valence-corrected chi connectivity index (χ2v) is 8.27. The van der Waals surface area contributed by atoms with E-state index in [9.17, 15) is 4.79 Å². The largest absolute Gasteiger partial charge is 0.342 e. The molecule has 2 heterocycles. The van der Waals surface area contributed by atoms with E-state index in [1.54, 1.807) is 11.3 Å². The summed E-state index contributed by atoms with van der Waals surface area (Å²) in [5.74, 6) is 1.40. The van der Waals surface area contributed by atoms with Gasteiger partial charge in [-0.25, -0.2) is 0 Å². The number of hydrogen-bond donors (Lipinski definition) is 1. The number of fused-ring (bicyclic) bond motifs is 1. The Morgan fingerprint density at radius 2 is 2.26 bits per heavy atom. The van der Waals surface area contributed by atoms with Gasteiger partial charge in [0.1, 0.15) is 0 Å². The van der Waals surface area contributed by atoms with Gasteiger partial charge in [0.05, 0.1) is 9.70 Å². The third-order valence-corrected chi connectivity index (χ3v) is 6.42. The Bertz CT molecular complexity index is 490. The van der Waals surface area contributed by atoms with Crippen molar-refractivity contribution in [2.45, 2.75) is 31.7 Å². The second-order valence-electron chi connectivity index (χ2n) is 5.77. The van der Waals surface area contributed by atoms with Gasteiger partial charge in [-0.2, -0.15) is 0 Å². The minimum absolute atomic E-state index is 0.0358. The molecule has 1 amide bonds. The fourth-order valence-electron chi connectivity index (χ4n) is 3.44. The van der Waals surface area contributed by atoms with Crippen molar-refractivity contribution in [3.8, 4) is 0 Å². The lowest BCUT2D eigenvalue weighted by Gasteiger charge is -2.22. The highest BCUT2D eigenvalue weighted by Gasteiger charge is 2.43. The number of nitrogens with two attached hydrogens (primary N) is 1. The number of carbonyl (C=O) groups is 1. The summed E-state index contributed by atoms with van der Waals surface area (Å²) in [6.45, 7) is 3.78. The fourth-order valence-corrected chi connectivity index (χ4v) is 4.91. The molecule has 1 saturated heterocycles. The average molecular weight is 343 g/mol. The summed E-state index contributed by atoms with van der Waals surface area (Å²) in [4.78, 5) is 15.7. The number of carbonyl (C=O) groups excluding carboxylic acids is 1. The van der Waals surface area contributed by atoms with E-state index < -0.39 is 0 Å². The summed E-state index contributed by atoms with van der Waals surface area (Å²) in [6.07, 6.45) is 2.32. The highest BCUT2D eigenvalue weighted by molar-refractivity contribution is 9.11. The molecule has 5 heteroatoms. The van der Waals surface area contributed by atoms with Gasteiger partial charge in [-0.15, -0.1) is 11.3 Å². The monoisotopic (exact) mass is 342 g/mol. The van der Waals surface area contributed by atoms with Crippen LogP contribution in [-0.2, 0) is 4.79 Å². The van der Waals surface area contributed by atoms with Gasteiger partial charge in [-0.05, 0) is 59.7 Å². The Morgan fingerprint density at radius 3 is 2.89 bits per heavy atom. The molecule has 1 aliphatic carbocycles. The third-order valence-electron chi connectivity index (χ3n) is 4.62. The Kier molecular flexibility index (Phi) is 3.71. The van der Waals surface area contributed by atoms with Crippen molar-refractivity contribution >= 4 is 33.2 Å². The Balaban J connectivity index is 1.68. The lowest BCUT2D eigenvalue weighted by Crippen LogP contribution is -2.35. The fraction of sp³-hybridized carbons (Fsp3) is 0.643. The molecule has 3 rings (SSSR count). The van der Waals surface area contributed by atoms with Gasteiger partial charge in [0, 0.05) is 24.0 Å². The molecule has 1 aromatic heterocycles. The molecule has 1 aliphatic heterocycles.